The summed E-state index contributed by atoms with van der Waals surface area (Å²) in [5.41, 5.74) is 3.48. The molecule has 5 heteroatoms. The van der Waals surface area contributed by atoms with Crippen LogP contribution in [0.1, 0.15) is 44.7 Å². The van der Waals surface area contributed by atoms with Crippen molar-refractivity contribution < 1.29 is 14.3 Å². The number of carbonyl (C=O) groups is 2. The minimum atomic E-state index is -0.217. The molecular formula is C21H24N2O3. The summed E-state index contributed by atoms with van der Waals surface area (Å²) in [4.78, 5) is 25.2. The van der Waals surface area contributed by atoms with E-state index in [9.17, 15) is 9.59 Å². The van der Waals surface area contributed by atoms with Gasteiger partial charge >= 0.3 is 0 Å². The molecule has 1 aliphatic heterocycles. The van der Waals surface area contributed by atoms with Crippen LogP contribution in [0.25, 0.3) is 0 Å². The maximum absolute atomic E-state index is 12.7. The van der Waals surface area contributed by atoms with Crippen molar-refractivity contribution in [3.05, 3.63) is 64.7 Å². The van der Waals surface area contributed by atoms with Gasteiger partial charge < -0.3 is 15.4 Å². The second kappa shape index (κ2) is 8.15. The van der Waals surface area contributed by atoms with E-state index >= 15 is 0 Å². The number of benzene rings is 2. The summed E-state index contributed by atoms with van der Waals surface area (Å²) >= 11 is 0. The average Bonchev–Trinajstić information content (AvgIpc) is 3.15. The number of nitrogens with one attached hydrogen (secondary N) is 2. The van der Waals surface area contributed by atoms with Gasteiger partial charge in [-0.05, 0) is 50.5 Å². The van der Waals surface area contributed by atoms with Gasteiger partial charge in [0.2, 0.25) is 0 Å². The predicted octanol–water partition coefficient (Wildman–Crippen LogP) is 3.46. The molecule has 0 spiro atoms. The van der Waals surface area contributed by atoms with Crippen molar-refractivity contribution in [3.63, 3.8) is 0 Å². The lowest BCUT2D eigenvalue weighted by Gasteiger charge is -2.14. The Kier molecular flexibility index (Phi) is 5.68. The van der Waals surface area contributed by atoms with E-state index in [4.69, 9.17) is 4.74 Å². The van der Waals surface area contributed by atoms with Gasteiger partial charge in [0.15, 0.2) is 0 Å². The van der Waals surface area contributed by atoms with Gasteiger partial charge in [-0.15, -0.1) is 0 Å². The Morgan fingerprint density at radius 2 is 1.88 bits per heavy atom. The van der Waals surface area contributed by atoms with E-state index < -0.39 is 0 Å². The van der Waals surface area contributed by atoms with E-state index in [1.165, 1.54) is 0 Å². The highest BCUT2D eigenvalue weighted by atomic mass is 16.5. The lowest BCUT2D eigenvalue weighted by atomic mass is 10.0. The molecule has 136 valence electrons. The molecule has 2 aromatic carbocycles. The monoisotopic (exact) mass is 352 g/mol. The molecule has 3 rings (SSSR count). The first kappa shape index (κ1) is 18.1. The standard InChI is InChI=1S/C21H24N2O3/c1-14-9-10-15(2)18(12-14)21(25)23-19-8-4-3-7-17(19)20(24)22-13-16-6-5-11-26-16/h3-4,7-10,12,16H,5-6,11,13H2,1-2H3,(H,22,24)(H,23,25)/t16-/m1/s1. The number of para-hydroxylation sites is 1. The van der Waals surface area contributed by atoms with Crippen molar-refractivity contribution >= 4 is 17.5 Å². The Hall–Kier alpha value is -2.66. The molecule has 1 atom stereocenters. The van der Waals surface area contributed by atoms with Crippen LogP contribution in [0, 0.1) is 13.8 Å². The van der Waals surface area contributed by atoms with E-state index in [1.54, 1.807) is 24.3 Å². The molecule has 1 saturated heterocycles. The maximum atomic E-state index is 12.7. The number of hydrogen-bond donors (Lipinski definition) is 2. The molecule has 2 aromatic rings. The molecule has 0 unspecified atom stereocenters. The summed E-state index contributed by atoms with van der Waals surface area (Å²) in [6, 6.07) is 12.8. The maximum Gasteiger partial charge on any atom is 0.255 e. The van der Waals surface area contributed by atoms with E-state index in [0.717, 1.165) is 30.6 Å². The topological polar surface area (TPSA) is 67.4 Å². The number of amides is 2. The number of ether oxygens (including phenoxy) is 1. The highest BCUT2D eigenvalue weighted by Gasteiger charge is 2.19. The SMILES string of the molecule is Cc1ccc(C)c(C(=O)Nc2ccccc2C(=O)NC[C@H]2CCCO2)c1. The van der Waals surface area contributed by atoms with Crippen LogP contribution < -0.4 is 10.6 Å². The fraction of sp³-hybridized carbons (Fsp3) is 0.333. The third-order valence-electron chi connectivity index (χ3n) is 4.57. The second-order valence-electron chi connectivity index (χ2n) is 6.66. The van der Waals surface area contributed by atoms with Crippen LogP contribution in [0.4, 0.5) is 5.69 Å². The van der Waals surface area contributed by atoms with Gasteiger partial charge in [-0.2, -0.15) is 0 Å². The molecule has 1 fully saturated rings. The second-order valence-corrected chi connectivity index (χ2v) is 6.66. The number of hydrogen-bond acceptors (Lipinski definition) is 3. The number of anilines is 1. The smallest absolute Gasteiger partial charge is 0.255 e. The van der Waals surface area contributed by atoms with Gasteiger partial charge in [0.05, 0.1) is 17.4 Å². The average molecular weight is 352 g/mol. The summed E-state index contributed by atoms with van der Waals surface area (Å²) in [5, 5.41) is 5.77. The Labute approximate surface area is 153 Å². The van der Waals surface area contributed by atoms with Crippen molar-refractivity contribution in [2.75, 3.05) is 18.5 Å². The van der Waals surface area contributed by atoms with E-state index in [2.05, 4.69) is 10.6 Å². The quantitative estimate of drug-likeness (QED) is 0.866. The van der Waals surface area contributed by atoms with Crippen LogP contribution in [0.15, 0.2) is 42.5 Å². The van der Waals surface area contributed by atoms with Gasteiger partial charge in [0, 0.05) is 18.7 Å². The Bertz CT molecular complexity index is 811. The van der Waals surface area contributed by atoms with Crippen molar-refractivity contribution in [3.8, 4) is 0 Å². The summed E-state index contributed by atoms with van der Waals surface area (Å²) < 4.78 is 5.53. The van der Waals surface area contributed by atoms with Gasteiger partial charge in [-0.1, -0.05) is 29.8 Å². The first-order chi connectivity index (χ1) is 12.5. The van der Waals surface area contributed by atoms with Crippen LogP contribution in [0.2, 0.25) is 0 Å². The Morgan fingerprint density at radius 3 is 2.65 bits per heavy atom. The molecule has 0 aliphatic carbocycles. The summed E-state index contributed by atoms with van der Waals surface area (Å²) in [6.07, 6.45) is 2.07. The van der Waals surface area contributed by atoms with E-state index in [1.807, 2.05) is 32.0 Å². The zero-order chi connectivity index (χ0) is 18.5. The third kappa shape index (κ3) is 4.29. The zero-order valence-electron chi connectivity index (χ0n) is 15.2. The van der Waals surface area contributed by atoms with Gasteiger partial charge in [0.25, 0.3) is 11.8 Å². The molecule has 0 aromatic heterocycles. The molecule has 5 nitrogen and oxygen atoms in total. The summed E-state index contributed by atoms with van der Waals surface area (Å²) in [7, 11) is 0. The van der Waals surface area contributed by atoms with Gasteiger partial charge in [-0.3, -0.25) is 9.59 Å². The summed E-state index contributed by atoms with van der Waals surface area (Å²) in [5.74, 6) is -0.428. The van der Waals surface area contributed by atoms with Crippen molar-refractivity contribution in [1.29, 1.82) is 0 Å². The molecule has 2 N–H and O–H groups in total. The third-order valence-corrected chi connectivity index (χ3v) is 4.57. The van der Waals surface area contributed by atoms with E-state index in [0.29, 0.717) is 23.4 Å². The zero-order valence-corrected chi connectivity index (χ0v) is 15.2. The van der Waals surface area contributed by atoms with Gasteiger partial charge in [-0.25, -0.2) is 0 Å². The highest BCUT2D eigenvalue weighted by molar-refractivity contribution is 6.09. The van der Waals surface area contributed by atoms with Crippen molar-refractivity contribution in [1.82, 2.24) is 5.32 Å². The summed E-state index contributed by atoms with van der Waals surface area (Å²) in [6.45, 7) is 5.08. The number of rotatable bonds is 5. The minimum absolute atomic E-state index is 0.0793. The first-order valence-electron chi connectivity index (χ1n) is 8.92. The molecule has 2 amide bonds. The molecule has 26 heavy (non-hydrogen) atoms. The molecule has 0 bridgehead atoms. The normalized spacial score (nSPS) is 16.3. The highest BCUT2D eigenvalue weighted by Crippen LogP contribution is 2.19. The predicted molar refractivity (Wildman–Crippen MR) is 102 cm³/mol. The van der Waals surface area contributed by atoms with Gasteiger partial charge in [0.1, 0.15) is 0 Å². The van der Waals surface area contributed by atoms with Crippen LogP contribution in [0.3, 0.4) is 0 Å². The fourth-order valence-electron chi connectivity index (χ4n) is 3.07. The largest absolute Gasteiger partial charge is 0.376 e. The number of carbonyl (C=O) groups excluding carboxylic acids is 2. The van der Waals surface area contributed by atoms with Crippen LogP contribution in [-0.4, -0.2) is 31.1 Å². The lowest BCUT2D eigenvalue weighted by Crippen LogP contribution is -2.32. The van der Waals surface area contributed by atoms with Crippen LogP contribution in [-0.2, 0) is 4.74 Å². The minimum Gasteiger partial charge on any atom is -0.376 e. The van der Waals surface area contributed by atoms with Crippen molar-refractivity contribution in [2.45, 2.75) is 32.8 Å². The Morgan fingerprint density at radius 1 is 1.08 bits per heavy atom. The fourth-order valence-corrected chi connectivity index (χ4v) is 3.07. The van der Waals surface area contributed by atoms with E-state index in [-0.39, 0.29) is 17.9 Å². The molecular weight excluding hydrogens is 328 g/mol. The van der Waals surface area contributed by atoms with Crippen molar-refractivity contribution in [2.24, 2.45) is 0 Å². The van der Waals surface area contributed by atoms with Crippen LogP contribution in [0.5, 0.6) is 0 Å². The molecule has 1 heterocycles. The van der Waals surface area contributed by atoms with Crippen LogP contribution >= 0.6 is 0 Å². The molecule has 0 saturated carbocycles. The lowest BCUT2D eigenvalue weighted by molar-refractivity contribution is 0.0858. The molecule has 0 radical (unpaired) electrons. The first-order valence-corrected chi connectivity index (χ1v) is 8.92. The molecule has 1 aliphatic rings. The number of aryl methyl sites for hydroxylation is 2. The Balaban J connectivity index is 1.73.